The maximum absolute atomic E-state index is 6.57. The maximum Gasteiger partial charge on any atom is 0.256 e. The van der Waals surface area contributed by atoms with Gasteiger partial charge in [-0.2, -0.15) is 0 Å². The largest absolute Gasteiger partial charge is 0.458 e. The average molecular weight is 423 g/mol. The zero-order chi connectivity index (χ0) is 21.8. The molecule has 2 heterocycles. The minimum atomic E-state index is 0.158. The fourth-order valence-corrected chi connectivity index (χ4v) is 5.48. The molecule has 0 bridgehead atoms. The van der Waals surface area contributed by atoms with Gasteiger partial charge in [-0.05, 0) is 70.7 Å². The van der Waals surface area contributed by atoms with Gasteiger partial charge in [-0.15, -0.1) is 0 Å². The molecular formula is C30H22BNO. The average Bonchev–Trinajstić information content (AvgIpc) is 2.89. The van der Waals surface area contributed by atoms with Crippen LogP contribution in [0.25, 0.3) is 11.1 Å². The predicted molar refractivity (Wildman–Crippen MR) is 138 cm³/mol. The van der Waals surface area contributed by atoms with Gasteiger partial charge in [0.05, 0.1) is 0 Å². The van der Waals surface area contributed by atoms with E-state index >= 15 is 0 Å². The van der Waals surface area contributed by atoms with Crippen LogP contribution in [0.4, 0.5) is 11.4 Å². The number of hydrogen-bond donors (Lipinski definition) is 0. The van der Waals surface area contributed by atoms with Crippen LogP contribution >= 0.6 is 0 Å². The summed E-state index contributed by atoms with van der Waals surface area (Å²) in [4.78, 5) is 2.41. The van der Waals surface area contributed by atoms with Crippen molar-refractivity contribution < 1.29 is 4.74 Å². The van der Waals surface area contributed by atoms with Crippen molar-refractivity contribution in [3.05, 3.63) is 115 Å². The molecule has 0 aromatic heterocycles. The van der Waals surface area contributed by atoms with E-state index in [0.717, 1.165) is 24.3 Å². The van der Waals surface area contributed by atoms with E-state index < -0.39 is 0 Å². The molecule has 0 amide bonds. The van der Waals surface area contributed by atoms with Gasteiger partial charge in [0.15, 0.2) is 0 Å². The number of allylic oxidation sites excluding steroid dienone is 3. The summed E-state index contributed by atoms with van der Waals surface area (Å²) >= 11 is 0. The number of benzene rings is 4. The summed E-state index contributed by atoms with van der Waals surface area (Å²) < 4.78 is 6.57. The van der Waals surface area contributed by atoms with Crippen LogP contribution in [0, 0.1) is 0 Å². The highest BCUT2D eigenvalue weighted by molar-refractivity contribution is 6.99. The summed E-state index contributed by atoms with van der Waals surface area (Å²) in [5.74, 6) is 1.90. The first-order chi connectivity index (χ1) is 16.4. The Balaban J connectivity index is 1.45. The molecule has 7 rings (SSSR count). The number of anilines is 2. The Labute approximate surface area is 194 Å². The van der Waals surface area contributed by atoms with Crippen LogP contribution in [-0.4, -0.2) is 6.71 Å². The third-order valence-electron chi connectivity index (χ3n) is 6.95. The second-order valence-electron chi connectivity index (χ2n) is 8.85. The second kappa shape index (κ2) is 7.28. The zero-order valence-electron chi connectivity index (χ0n) is 18.2. The number of hydrogen-bond acceptors (Lipinski definition) is 2. The summed E-state index contributed by atoms with van der Waals surface area (Å²) in [6.45, 7) is 0.158. The van der Waals surface area contributed by atoms with Gasteiger partial charge in [-0.25, -0.2) is 0 Å². The highest BCUT2D eigenvalue weighted by atomic mass is 16.5. The van der Waals surface area contributed by atoms with E-state index in [1.807, 2.05) is 0 Å². The van der Waals surface area contributed by atoms with Crippen molar-refractivity contribution in [1.82, 2.24) is 0 Å². The quantitative estimate of drug-likeness (QED) is 0.340. The topological polar surface area (TPSA) is 12.5 Å². The van der Waals surface area contributed by atoms with Crippen molar-refractivity contribution in [3.8, 4) is 22.6 Å². The fraction of sp³-hybridized carbons (Fsp3) is 0.0667. The van der Waals surface area contributed by atoms with Gasteiger partial charge in [0.1, 0.15) is 11.5 Å². The Morgan fingerprint density at radius 2 is 1.52 bits per heavy atom. The van der Waals surface area contributed by atoms with E-state index in [1.165, 1.54) is 44.6 Å². The van der Waals surface area contributed by atoms with Gasteiger partial charge in [-0.3, -0.25) is 0 Å². The van der Waals surface area contributed by atoms with Crippen molar-refractivity contribution in [3.63, 3.8) is 0 Å². The predicted octanol–water partition coefficient (Wildman–Crippen LogP) is 5.66. The van der Waals surface area contributed by atoms with Gasteiger partial charge in [0.2, 0.25) is 0 Å². The van der Waals surface area contributed by atoms with Gasteiger partial charge in [-0.1, -0.05) is 78.9 Å². The minimum absolute atomic E-state index is 0.158. The number of rotatable bonds is 2. The molecule has 3 heteroatoms. The van der Waals surface area contributed by atoms with Gasteiger partial charge in [0.25, 0.3) is 6.71 Å². The van der Waals surface area contributed by atoms with E-state index in [4.69, 9.17) is 4.74 Å². The van der Waals surface area contributed by atoms with Crippen LogP contribution in [0.5, 0.6) is 11.5 Å². The molecule has 0 N–H and O–H groups in total. The molecular weight excluding hydrogens is 401 g/mol. The molecule has 0 atom stereocenters. The Morgan fingerprint density at radius 3 is 2.39 bits per heavy atom. The Bertz CT molecular complexity index is 1450. The first kappa shape index (κ1) is 18.6. The van der Waals surface area contributed by atoms with Crippen molar-refractivity contribution in [2.45, 2.75) is 12.8 Å². The Kier molecular flexibility index (Phi) is 4.10. The van der Waals surface area contributed by atoms with E-state index in [2.05, 4.69) is 114 Å². The third-order valence-corrected chi connectivity index (χ3v) is 6.95. The highest BCUT2D eigenvalue weighted by Gasteiger charge is 2.41. The third kappa shape index (κ3) is 2.82. The van der Waals surface area contributed by atoms with E-state index in [9.17, 15) is 0 Å². The standard InChI is InChI=1S/C30H22BNO/c1-3-10-21(11-4-1)22-18-19-25-29(20-22)33-28-17-9-16-27-30(28)31(25)24-14-7-8-15-26(24)32(27)23-12-5-2-6-13-23/h1,3-5,7-20H,2,6H2. The Morgan fingerprint density at radius 1 is 0.667 bits per heavy atom. The maximum atomic E-state index is 6.57. The summed E-state index contributed by atoms with van der Waals surface area (Å²) in [5, 5.41) is 0. The normalized spacial score (nSPS) is 15.2. The molecule has 4 aromatic rings. The van der Waals surface area contributed by atoms with Gasteiger partial charge < -0.3 is 9.64 Å². The summed E-state index contributed by atoms with van der Waals surface area (Å²) in [6, 6.07) is 32.5. The van der Waals surface area contributed by atoms with Gasteiger partial charge in [0, 0.05) is 17.1 Å². The fourth-order valence-electron chi connectivity index (χ4n) is 5.48. The van der Waals surface area contributed by atoms with Crippen molar-refractivity contribution in [2.24, 2.45) is 0 Å². The molecule has 0 saturated carbocycles. The minimum Gasteiger partial charge on any atom is -0.458 e. The van der Waals surface area contributed by atoms with Crippen molar-refractivity contribution in [2.75, 3.05) is 4.90 Å². The molecule has 1 aliphatic carbocycles. The first-order valence-electron chi connectivity index (χ1n) is 11.6. The number of nitrogens with zero attached hydrogens (tertiary/aromatic N) is 1. The van der Waals surface area contributed by atoms with Crippen LogP contribution in [0.2, 0.25) is 0 Å². The van der Waals surface area contributed by atoms with Gasteiger partial charge >= 0.3 is 0 Å². The molecule has 3 aliphatic rings. The molecule has 0 unspecified atom stereocenters. The van der Waals surface area contributed by atoms with Crippen molar-refractivity contribution >= 4 is 34.5 Å². The lowest BCUT2D eigenvalue weighted by atomic mass is 9.34. The SMILES string of the molecule is C1=CC(N2c3ccccc3B3c4ccc(-c5ccccc5)cc4Oc4cccc2c43)=CCC1. The van der Waals surface area contributed by atoms with Crippen LogP contribution in [-0.2, 0) is 0 Å². The molecule has 2 aliphatic heterocycles. The second-order valence-corrected chi connectivity index (χ2v) is 8.85. The van der Waals surface area contributed by atoms with Crippen LogP contribution in [0.3, 0.4) is 0 Å². The van der Waals surface area contributed by atoms with Crippen LogP contribution in [0.1, 0.15) is 12.8 Å². The molecule has 2 nitrogen and oxygen atoms in total. The molecule has 0 saturated heterocycles. The number of fused-ring (bicyclic) bond motifs is 4. The zero-order valence-corrected chi connectivity index (χ0v) is 18.2. The van der Waals surface area contributed by atoms with Crippen LogP contribution < -0.4 is 26.0 Å². The summed E-state index contributed by atoms with van der Waals surface area (Å²) in [5.41, 5.74) is 9.91. The Hall–Kier alpha value is -3.98. The number of ether oxygens (including phenoxy) is 1. The molecule has 0 radical (unpaired) electrons. The molecule has 4 aromatic carbocycles. The smallest absolute Gasteiger partial charge is 0.256 e. The molecule has 33 heavy (non-hydrogen) atoms. The molecule has 0 spiro atoms. The highest BCUT2D eigenvalue weighted by Crippen LogP contribution is 2.39. The molecule has 156 valence electrons. The lowest BCUT2D eigenvalue weighted by Gasteiger charge is -2.40. The summed E-state index contributed by atoms with van der Waals surface area (Å²) in [7, 11) is 0. The van der Waals surface area contributed by atoms with Crippen LogP contribution in [0.15, 0.2) is 115 Å². The number of para-hydroxylation sites is 1. The monoisotopic (exact) mass is 423 g/mol. The van der Waals surface area contributed by atoms with E-state index in [1.54, 1.807) is 0 Å². The lowest BCUT2D eigenvalue weighted by molar-refractivity contribution is 0.487. The van der Waals surface area contributed by atoms with Crippen molar-refractivity contribution in [1.29, 1.82) is 0 Å². The summed E-state index contributed by atoms with van der Waals surface area (Å²) in [6.07, 6.45) is 9.06. The van der Waals surface area contributed by atoms with E-state index in [0.29, 0.717) is 0 Å². The molecule has 0 fully saturated rings. The lowest BCUT2D eigenvalue weighted by Crippen LogP contribution is -2.59. The van der Waals surface area contributed by atoms with E-state index in [-0.39, 0.29) is 6.71 Å². The first-order valence-corrected chi connectivity index (χ1v) is 11.6.